The van der Waals surface area contributed by atoms with Gasteiger partial charge in [-0.25, -0.2) is 4.98 Å². The van der Waals surface area contributed by atoms with E-state index < -0.39 is 0 Å². The number of piperidine rings is 1. The van der Waals surface area contributed by atoms with Crippen molar-refractivity contribution in [2.24, 2.45) is 11.7 Å². The van der Waals surface area contributed by atoms with Crippen LogP contribution < -0.4 is 11.1 Å². The Balaban J connectivity index is 2.16. The Morgan fingerprint density at radius 2 is 2.35 bits per heavy atom. The molecule has 1 aromatic heterocycles. The highest BCUT2D eigenvalue weighted by Crippen LogP contribution is 2.36. The second-order valence-electron chi connectivity index (χ2n) is 4.64. The number of hydrogen-bond acceptors (Lipinski definition) is 5. The SMILES string of the molecule is COCCC(N)(c1nccs1)C1CCNCC1. The molecule has 1 aliphatic rings. The Bertz CT molecular complexity index is 325. The molecule has 4 nitrogen and oxygen atoms in total. The van der Waals surface area contributed by atoms with Crippen LogP contribution in [0.15, 0.2) is 11.6 Å². The highest BCUT2D eigenvalue weighted by Gasteiger charge is 2.38. The number of aromatic nitrogens is 1. The summed E-state index contributed by atoms with van der Waals surface area (Å²) >= 11 is 1.66. The van der Waals surface area contributed by atoms with Gasteiger partial charge in [-0.15, -0.1) is 11.3 Å². The second-order valence-corrected chi connectivity index (χ2v) is 5.54. The quantitative estimate of drug-likeness (QED) is 0.833. The van der Waals surface area contributed by atoms with E-state index in [9.17, 15) is 0 Å². The maximum atomic E-state index is 6.66. The summed E-state index contributed by atoms with van der Waals surface area (Å²) in [5.41, 5.74) is 6.35. The van der Waals surface area contributed by atoms with E-state index in [0.29, 0.717) is 12.5 Å². The van der Waals surface area contributed by atoms with Gasteiger partial charge >= 0.3 is 0 Å². The Hall–Kier alpha value is -0.490. The summed E-state index contributed by atoms with van der Waals surface area (Å²) in [6.07, 6.45) is 4.94. The fourth-order valence-corrected chi connectivity index (χ4v) is 3.41. The predicted octanol–water partition coefficient (Wildman–Crippen LogP) is 1.33. The van der Waals surface area contributed by atoms with Crippen LogP contribution in [-0.4, -0.2) is 31.8 Å². The van der Waals surface area contributed by atoms with Gasteiger partial charge < -0.3 is 15.8 Å². The number of nitrogens with one attached hydrogen (secondary N) is 1. The highest BCUT2D eigenvalue weighted by molar-refractivity contribution is 7.09. The van der Waals surface area contributed by atoms with Crippen LogP contribution in [0.4, 0.5) is 0 Å². The minimum atomic E-state index is -0.313. The number of thiazole rings is 1. The molecular weight excluding hydrogens is 234 g/mol. The number of hydrogen-bond donors (Lipinski definition) is 2. The maximum Gasteiger partial charge on any atom is 0.113 e. The first-order valence-electron chi connectivity index (χ1n) is 6.16. The fraction of sp³-hybridized carbons (Fsp3) is 0.750. The normalized spacial score (nSPS) is 21.3. The van der Waals surface area contributed by atoms with E-state index in [1.165, 1.54) is 0 Å². The van der Waals surface area contributed by atoms with Crippen LogP contribution in [0.2, 0.25) is 0 Å². The minimum Gasteiger partial charge on any atom is -0.385 e. The molecule has 0 spiro atoms. The molecule has 96 valence electrons. The third-order valence-electron chi connectivity index (χ3n) is 3.62. The van der Waals surface area contributed by atoms with Crippen molar-refractivity contribution in [2.45, 2.75) is 24.8 Å². The van der Waals surface area contributed by atoms with Crippen molar-refractivity contribution in [3.8, 4) is 0 Å². The molecule has 1 aromatic rings. The van der Waals surface area contributed by atoms with Gasteiger partial charge in [0, 0.05) is 25.3 Å². The fourth-order valence-electron chi connectivity index (χ4n) is 2.55. The molecule has 0 aromatic carbocycles. The van der Waals surface area contributed by atoms with Crippen molar-refractivity contribution in [3.63, 3.8) is 0 Å². The minimum absolute atomic E-state index is 0.313. The number of nitrogens with two attached hydrogens (primary N) is 1. The highest BCUT2D eigenvalue weighted by atomic mass is 32.1. The molecule has 0 saturated carbocycles. The molecule has 1 aliphatic heterocycles. The van der Waals surface area contributed by atoms with Gasteiger partial charge in [0.05, 0.1) is 5.54 Å². The molecule has 2 rings (SSSR count). The number of nitrogens with zero attached hydrogens (tertiary/aromatic N) is 1. The van der Waals surface area contributed by atoms with E-state index >= 15 is 0 Å². The molecule has 1 fully saturated rings. The largest absolute Gasteiger partial charge is 0.385 e. The third kappa shape index (κ3) is 2.85. The number of ether oxygens (including phenoxy) is 1. The molecule has 1 unspecified atom stereocenters. The van der Waals surface area contributed by atoms with E-state index in [1.807, 2.05) is 11.6 Å². The van der Waals surface area contributed by atoms with Crippen LogP contribution in [0.3, 0.4) is 0 Å². The lowest BCUT2D eigenvalue weighted by atomic mass is 9.77. The first kappa shape index (κ1) is 13.0. The average Bonchev–Trinajstić information content (AvgIpc) is 2.91. The Kier molecular flexibility index (Phi) is 4.50. The van der Waals surface area contributed by atoms with Crippen molar-refractivity contribution < 1.29 is 4.74 Å². The lowest BCUT2D eigenvalue weighted by molar-refractivity contribution is 0.127. The molecule has 3 N–H and O–H groups in total. The Morgan fingerprint density at radius 3 is 2.94 bits per heavy atom. The van der Waals surface area contributed by atoms with Crippen molar-refractivity contribution in [3.05, 3.63) is 16.6 Å². The summed E-state index contributed by atoms with van der Waals surface area (Å²) in [5, 5.41) is 6.45. The monoisotopic (exact) mass is 255 g/mol. The van der Waals surface area contributed by atoms with E-state index in [-0.39, 0.29) is 5.54 Å². The zero-order valence-electron chi connectivity index (χ0n) is 10.3. The zero-order chi connectivity index (χ0) is 12.1. The molecule has 5 heteroatoms. The second kappa shape index (κ2) is 5.91. The molecule has 17 heavy (non-hydrogen) atoms. The summed E-state index contributed by atoms with van der Waals surface area (Å²) in [6.45, 7) is 2.81. The third-order valence-corrected chi connectivity index (χ3v) is 4.58. The summed E-state index contributed by atoms with van der Waals surface area (Å²) in [4.78, 5) is 4.43. The lowest BCUT2D eigenvalue weighted by Crippen LogP contribution is -2.49. The lowest BCUT2D eigenvalue weighted by Gasteiger charge is -2.38. The summed E-state index contributed by atoms with van der Waals surface area (Å²) < 4.78 is 5.21. The van der Waals surface area contributed by atoms with Gasteiger partial charge in [-0.2, -0.15) is 0 Å². The smallest absolute Gasteiger partial charge is 0.113 e. The maximum absolute atomic E-state index is 6.66. The Labute approximate surface area is 107 Å². The molecular formula is C12H21N3OS. The summed E-state index contributed by atoms with van der Waals surface area (Å²) in [5.74, 6) is 0.505. The molecule has 0 radical (unpaired) electrons. The van der Waals surface area contributed by atoms with Gasteiger partial charge in [0.15, 0.2) is 0 Å². The van der Waals surface area contributed by atoms with Crippen LogP contribution in [0.1, 0.15) is 24.3 Å². The summed E-state index contributed by atoms with van der Waals surface area (Å²) in [6, 6.07) is 0. The topological polar surface area (TPSA) is 60.2 Å². The number of methoxy groups -OCH3 is 1. The van der Waals surface area contributed by atoms with Gasteiger partial charge in [-0.05, 0) is 38.3 Å². The van der Waals surface area contributed by atoms with E-state index in [4.69, 9.17) is 10.5 Å². The first-order chi connectivity index (χ1) is 8.27. The van der Waals surface area contributed by atoms with Crippen molar-refractivity contribution in [1.82, 2.24) is 10.3 Å². The number of rotatable bonds is 5. The van der Waals surface area contributed by atoms with Crippen molar-refractivity contribution in [2.75, 3.05) is 26.8 Å². The van der Waals surface area contributed by atoms with Crippen LogP contribution in [0.5, 0.6) is 0 Å². The Morgan fingerprint density at radius 1 is 1.59 bits per heavy atom. The predicted molar refractivity (Wildman–Crippen MR) is 70.1 cm³/mol. The van der Waals surface area contributed by atoms with E-state index in [2.05, 4.69) is 10.3 Å². The van der Waals surface area contributed by atoms with Crippen LogP contribution >= 0.6 is 11.3 Å². The van der Waals surface area contributed by atoms with Gasteiger partial charge in [-0.3, -0.25) is 0 Å². The molecule has 2 heterocycles. The average molecular weight is 255 g/mol. The standard InChI is InChI=1S/C12H21N3OS/c1-16-8-4-12(13,11-15-7-9-17-11)10-2-5-14-6-3-10/h7,9-10,14H,2-6,8,13H2,1H3. The molecule has 1 atom stereocenters. The van der Waals surface area contributed by atoms with Gasteiger partial charge in [-0.1, -0.05) is 0 Å². The first-order valence-corrected chi connectivity index (χ1v) is 7.04. The van der Waals surface area contributed by atoms with Crippen LogP contribution in [0, 0.1) is 5.92 Å². The summed E-state index contributed by atoms with van der Waals surface area (Å²) in [7, 11) is 1.73. The van der Waals surface area contributed by atoms with Crippen molar-refractivity contribution in [1.29, 1.82) is 0 Å². The van der Waals surface area contributed by atoms with Gasteiger partial charge in [0.2, 0.25) is 0 Å². The van der Waals surface area contributed by atoms with Crippen molar-refractivity contribution >= 4 is 11.3 Å². The molecule has 0 aliphatic carbocycles. The zero-order valence-corrected chi connectivity index (χ0v) is 11.1. The van der Waals surface area contributed by atoms with Crippen LogP contribution in [0.25, 0.3) is 0 Å². The van der Waals surface area contributed by atoms with Gasteiger partial charge in [0.25, 0.3) is 0 Å². The van der Waals surface area contributed by atoms with E-state index in [1.54, 1.807) is 18.4 Å². The van der Waals surface area contributed by atoms with Gasteiger partial charge in [0.1, 0.15) is 5.01 Å². The van der Waals surface area contributed by atoms with Crippen LogP contribution in [-0.2, 0) is 10.3 Å². The molecule has 1 saturated heterocycles. The molecule has 0 bridgehead atoms. The molecule has 0 amide bonds. The van der Waals surface area contributed by atoms with E-state index in [0.717, 1.165) is 37.4 Å².